The van der Waals surface area contributed by atoms with Gasteiger partial charge in [-0.3, -0.25) is 19.0 Å². The molecule has 4 rings (SSSR count). The van der Waals surface area contributed by atoms with E-state index in [0.29, 0.717) is 16.9 Å². The second-order valence-corrected chi connectivity index (χ2v) is 7.20. The number of rotatable bonds is 3. The Balaban J connectivity index is 2.20. The quantitative estimate of drug-likeness (QED) is 0.506. The molecule has 0 spiro atoms. The number of hydrogen-bond acceptors (Lipinski definition) is 4. The Morgan fingerprint density at radius 2 is 2.00 bits per heavy atom. The van der Waals surface area contributed by atoms with E-state index in [1.54, 1.807) is 22.5 Å². The van der Waals surface area contributed by atoms with Crippen LogP contribution >= 0.6 is 12.2 Å². The van der Waals surface area contributed by atoms with Crippen molar-refractivity contribution in [2.75, 3.05) is 0 Å². The Morgan fingerprint density at radius 1 is 1.24 bits per heavy atom. The molecule has 0 saturated heterocycles. The van der Waals surface area contributed by atoms with Gasteiger partial charge in [0.25, 0.3) is 12.0 Å². The van der Waals surface area contributed by atoms with Crippen LogP contribution in [0.1, 0.15) is 23.1 Å². The molecule has 0 bridgehead atoms. The molecule has 0 radical (unpaired) electrons. The molecule has 148 valence electrons. The van der Waals surface area contributed by atoms with Crippen molar-refractivity contribution < 1.29 is 8.78 Å². The highest BCUT2D eigenvalue weighted by Crippen LogP contribution is 2.31. The lowest BCUT2D eigenvalue weighted by Crippen LogP contribution is -2.17. The summed E-state index contributed by atoms with van der Waals surface area (Å²) in [4.78, 5) is 19.7. The number of hydrogen-bond donors (Lipinski definition) is 1. The van der Waals surface area contributed by atoms with E-state index in [4.69, 9.17) is 12.2 Å². The minimum absolute atomic E-state index is 0.0871. The van der Waals surface area contributed by atoms with E-state index in [9.17, 15) is 13.6 Å². The molecule has 9 heteroatoms. The minimum atomic E-state index is -2.86. The molecule has 0 aliphatic heterocycles. The Bertz CT molecular complexity index is 1370. The van der Waals surface area contributed by atoms with Crippen molar-refractivity contribution in [3.8, 4) is 16.9 Å². The molecule has 0 unspecified atom stereocenters. The highest BCUT2D eigenvalue weighted by Gasteiger charge is 2.22. The third-order valence-corrected chi connectivity index (χ3v) is 5.23. The van der Waals surface area contributed by atoms with Gasteiger partial charge in [0.05, 0.1) is 23.0 Å². The topological polar surface area (TPSA) is 68.5 Å². The number of fused-ring (bicyclic) bond motifs is 1. The molecule has 0 fully saturated rings. The fourth-order valence-electron chi connectivity index (χ4n) is 3.33. The van der Waals surface area contributed by atoms with Gasteiger partial charge in [0.1, 0.15) is 0 Å². The van der Waals surface area contributed by atoms with Gasteiger partial charge in [0.15, 0.2) is 10.4 Å². The maximum atomic E-state index is 13.9. The molecule has 4 aromatic rings. The van der Waals surface area contributed by atoms with Crippen molar-refractivity contribution in [2.45, 2.75) is 20.3 Å². The largest absolute Gasteiger partial charge is 0.298 e. The average molecular weight is 413 g/mol. The summed E-state index contributed by atoms with van der Waals surface area (Å²) in [6, 6.07) is 6.83. The van der Waals surface area contributed by atoms with Gasteiger partial charge in [-0.2, -0.15) is 5.10 Å². The first-order chi connectivity index (χ1) is 13.8. The van der Waals surface area contributed by atoms with Crippen molar-refractivity contribution >= 4 is 23.3 Å². The number of aromatic nitrogens is 5. The van der Waals surface area contributed by atoms with Crippen molar-refractivity contribution in [1.82, 2.24) is 24.3 Å². The summed E-state index contributed by atoms with van der Waals surface area (Å²) in [5.41, 5.74) is 2.44. The summed E-state index contributed by atoms with van der Waals surface area (Å²) in [7, 11) is 1.72. The number of nitrogens with one attached hydrogen (secondary N) is 1. The maximum absolute atomic E-state index is 13.9. The van der Waals surface area contributed by atoms with Crippen LogP contribution in [0.25, 0.3) is 28.0 Å². The molecule has 1 N–H and O–H groups in total. The molecule has 29 heavy (non-hydrogen) atoms. The van der Waals surface area contributed by atoms with Crippen LogP contribution in [0.15, 0.2) is 41.5 Å². The fraction of sp³-hybridized carbons (Fsp3) is 0.200. The molecule has 0 amide bonds. The van der Waals surface area contributed by atoms with Gasteiger partial charge in [-0.25, -0.2) is 13.8 Å². The maximum Gasteiger partial charge on any atom is 0.264 e. The van der Waals surface area contributed by atoms with Crippen molar-refractivity contribution in [1.29, 1.82) is 0 Å². The Kier molecular flexibility index (Phi) is 4.62. The van der Waals surface area contributed by atoms with Gasteiger partial charge >= 0.3 is 0 Å². The fourth-order valence-corrected chi connectivity index (χ4v) is 3.61. The van der Waals surface area contributed by atoms with Crippen molar-refractivity contribution in [3.63, 3.8) is 0 Å². The van der Waals surface area contributed by atoms with Crippen molar-refractivity contribution in [2.24, 2.45) is 7.05 Å². The molecule has 0 atom stereocenters. The number of aryl methyl sites for hydroxylation is 2. The third kappa shape index (κ3) is 3.17. The lowest BCUT2D eigenvalue weighted by molar-refractivity contribution is 0.153. The highest BCUT2D eigenvalue weighted by atomic mass is 32.1. The van der Waals surface area contributed by atoms with Gasteiger partial charge in [0, 0.05) is 24.4 Å². The highest BCUT2D eigenvalue weighted by molar-refractivity contribution is 7.71. The summed E-state index contributed by atoms with van der Waals surface area (Å²) in [5, 5.41) is 3.90. The van der Waals surface area contributed by atoms with Crippen LogP contribution in [-0.4, -0.2) is 24.3 Å². The molecule has 3 heterocycles. The summed E-state index contributed by atoms with van der Waals surface area (Å²) in [5.74, 6) is 0. The average Bonchev–Trinajstić information content (AvgIpc) is 3.10. The summed E-state index contributed by atoms with van der Waals surface area (Å²) < 4.78 is 31.0. The van der Waals surface area contributed by atoms with E-state index in [1.165, 1.54) is 12.3 Å². The summed E-state index contributed by atoms with van der Waals surface area (Å²) in [6.45, 7) is 3.85. The number of aromatic amines is 1. The monoisotopic (exact) mass is 413 g/mol. The van der Waals surface area contributed by atoms with E-state index in [-0.39, 0.29) is 15.8 Å². The van der Waals surface area contributed by atoms with Crippen LogP contribution in [0, 0.1) is 18.6 Å². The normalized spacial score (nSPS) is 11.5. The zero-order chi connectivity index (χ0) is 20.9. The van der Waals surface area contributed by atoms with Gasteiger partial charge in [0.2, 0.25) is 0 Å². The van der Waals surface area contributed by atoms with Crippen LogP contribution in [0.3, 0.4) is 0 Å². The molecule has 1 aromatic carbocycles. The Labute approximate surface area is 169 Å². The molecule has 0 aliphatic carbocycles. The van der Waals surface area contributed by atoms with E-state index >= 15 is 0 Å². The van der Waals surface area contributed by atoms with E-state index in [2.05, 4.69) is 15.1 Å². The minimum Gasteiger partial charge on any atom is -0.298 e. The molecule has 0 saturated carbocycles. The molecular weight excluding hydrogens is 396 g/mol. The second kappa shape index (κ2) is 7.00. The van der Waals surface area contributed by atoms with E-state index in [1.807, 2.05) is 32.0 Å². The van der Waals surface area contributed by atoms with Gasteiger partial charge in [-0.1, -0.05) is 12.1 Å². The number of H-pyrrole nitrogens is 1. The SMILES string of the molecule is Cc1cccc(-n2c(=S)[nH]c(=O)c3c(C(F)F)cc(-c4cnn(C)c4)nc32)c1C. The second-order valence-electron chi connectivity index (χ2n) is 6.81. The van der Waals surface area contributed by atoms with Gasteiger partial charge < -0.3 is 0 Å². The smallest absolute Gasteiger partial charge is 0.264 e. The molecule has 3 aromatic heterocycles. The van der Waals surface area contributed by atoms with Gasteiger partial charge in [-0.05, 0) is 49.3 Å². The molecule has 0 aliphatic rings. The number of pyridine rings is 1. The van der Waals surface area contributed by atoms with E-state index in [0.717, 1.165) is 11.1 Å². The van der Waals surface area contributed by atoms with E-state index < -0.39 is 17.5 Å². The van der Waals surface area contributed by atoms with Crippen molar-refractivity contribution in [3.05, 3.63) is 68.5 Å². The first-order valence-electron chi connectivity index (χ1n) is 8.81. The Morgan fingerprint density at radius 3 is 2.66 bits per heavy atom. The number of alkyl halides is 2. The van der Waals surface area contributed by atoms with Gasteiger partial charge in [-0.15, -0.1) is 0 Å². The molecular formula is C20H17F2N5OS. The standard InChI is InChI=1S/C20H17F2N5OS/c1-10-5-4-6-15(11(10)2)27-18-16(19(28)25-20(27)29)13(17(21)22)7-14(24-18)12-8-23-26(3)9-12/h4-9,17H,1-3H3,(H,25,28,29). The lowest BCUT2D eigenvalue weighted by atomic mass is 10.1. The summed E-state index contributed by atoms with van der Waals surface area (Å²) in [6.07, 6.45) is 0.348. The number of benzene rings is 1. The first kappa shape index (κ1) is 19.1. The predicted octanol–water partition coefficient (Wildman–Crippen LogP) is 4.40. The van der Waals surface area contributed by atoms with Crippen LogP contribution in [0.5, 0.6) is 0 Å². The first-order valence-corrected chi connectivity index (χ1v) is 9.22. The van der Waals surface area contributed by atoms with Crippen LogP contribution in [-0.2, 0) is 7.05 Å². The van der Waals surface area contributed by atoms with Crippen LogP contribution in [0.4, 0.5) is 8.78 Å². The van der Waals surface area contributed by atoms with Crippen LogP contribution in [0.2, 0.25) is 0 Å². The lowest BCUT2D eigenvalue weighted by Gasteiger charge is -2.16. The number of halogens is 2. The molecule has 6 nitrogen and oxygen atoms in total. The number of nitrogens with zero attached hydrogens (tertiary/aromatic N) is 4. The predicted molar refractivity (Wildman–Crippen MR) is 109 cm³/mol. The zero-order valence-electron chi connectivity index (χ0n) is 15.9. The third-order valence-electron chi connectivity index (χ3n) is 4.95. The zero-order valence-corrected chi connectivity index (χ0v) is 16.7. The van der Waals surface area contributed by atoms with Crippen LogP contribution < -0.4 is 5.56 Å². The summed E-state index contributed by atoms with van der Waals surface area (Å²) >= 11 is 5.39. The Hall–Kier alpha value is -3.20.